The zero-order valence-electron chi connectivity index (χ0n) is 67.8. The van der Waals surface area contributed by atoms with Gasteiger partial charge in [0.2, 0.25) is 5.91 Å². The van der Waals surface area contributed by atoms with Crippen LogP contribution in [-0.2, 0) is 33.2 Å². The third-order valence-corrected chi connectivity index (χ3v) is 21.7. The molecule has 0 aromatic heterocycles. The van der Waals surface area contributed by atoms with Crippen molar-refractivity contribution in [2.45, 2.75) is 458 Å². The molecule has 0 radical (unpaired) electrons. The summed E-state index contributed by atoms with van der Waals surface area (Å²) in [5, 5.41) is 121. The van der Waals surface area contributed by atoms with E-state index >= 15 is 0 Å². The van der Waals surface area contributed by atoms with E-state index in [0.717, 1.165) is 57.8 Å². The lowest BCUT2D eigenvalue weighted by Gasteiger charge is -2.48. The van der Waals surface area contributed by atoms with Crippen molar-refractivity contribution in [3.05, 3.63) is 72.9 Å². The molecule has 0 spiro atoms. The number of unbranched alkanes of at least 4 members (excludes halogenated alkanes) is 45. The van der Waals surface area contributed by atoms with Crippen LogP contribution in [0.5, 0.6) is 0 Å². The van der Waals surface area contributed by atoms with E-state index in [0.29, 0.717) is 12.8 Å². The SMILES string of the molecule is CCCCCCC/C=C\C/C=C\C/C=C\CCCCCCCCCCCCCCCCCCC(=O)NC(COC1OC(CO)C(OC2OC(CO)C(OC3OC(CO)C(O)C(O)C3O)C(O)C2O)C(O)C1O)C(O)/C=C/CC/C=C/CC/C=C/CCCCCCCCCCCCCCCCCCCCCCCC. The molecule has 3 saturated heterocycles. The Balaban J connectivity index is 1.36. The van der Waals surface area contributed by atoms with Gasteiger partial charge in [-0.1, -0.05) is 337 Å². The summed E-state index contributed by atoms with van der Waals surface area (Å²) >= 11 is 0. The van der Waals surface area contributed by atoms with Gasteiger partial charge in [-0.15, -0.1) is 0 Å². The van der Waals surface area contributed by atoms with Gasteiger partial charge in [-0.05, 0) is 83.5 Å². The minimum Gasteiger partial charge on any atom is -0.394 e. The molecule has 17 atom stereocenters. The van der Waals surface area contributed by atoms with Crippen LogP contribution < -0.4 is 5.32 Å². The molecule has 3 heterocycles. The van der Waals surface area contributed by atoms with Gasteiger partial charge in [0.25, 0.3) is 0 Å². The lowest BCUT2D eigenvalue weighted by molar-refractivity contribution is -0.379. The van der Waals surface area contributed by atoms with E-state index < -0.39 is 124 Å². The number of hydrogen-bond donors (Lipinski definition) is 12. The second-order valence-corrected chi connectivity index (χ2v) is 31.3. The summed E-state index contributed by atoms with van der Waals surface area (Å²) in [4.78, 5) is 13.5. The number of allylic oxidation sites excluding steroid dienone is 11. The molecular weight excluding hydrogens is 1370 g/mol. The maximum atomic E-state index is 13.5. The minimum atomic E-state index is -1.99. The van der Waals surface area contributed by atoms with Gasteiger partial charge in [-0.3, -0.25) is 4.79 Å². The summed E-state index contributed by atoms with van der Waals surface area (Å²) < 4.78 is 34.5. The van der Waals surface area contributed by atoms with Crippen LogP contribution in [0.15, 0.2) is 72.9 Å². The molecule has 0 bridgehead atoms. The largest absolute Gasteiger partial charge is 0.394 e. The van der Waals surface area contributed by atoms with Gasteiger partial charge in [-0.25, -0.2) is 0 Å². The quantitative estimate of drug-likeness (QED) is 0.0199. The van der Waals surface area contributed by atoms with E-state index in [1.165, 1.54) is 263 Å². The van der Waals surface area contributed by atoms with Crippen LogP contribution in [0.2, 0.25) is 0 Å². The smallest absolute Gasteiger partial charge is 0.220 e. The van der Waals surface area contributed by atoms with Gasteiger partial charge in [0.05, 0.1) is 38.6 Å². The maximum Gasteiger partial charge on any atom is 0.220 e. The van der Waals surface area contributed by atoms with Gasteiger partial charge >= 0.3 is 0 Å². The average Bonchev–Trinajstić information content (AvgIpc) is 0.779. The zero-order chi connectivity index (χ0) is 78.1. The molecule has 3 aliphatic rings. The van der Waals surface area contributed by atoms with Gasteiger partial charge in [0.15, 0.2) is 18.9 Å². The molecule has 0 aliphatic carbocycles. The molecule has 3 fully saturated rings. The second-order valence-electron chi connectivity index (χ2n) is 31.3. The number of aliphatic hydroxyl groups is 11. The highest BCUT2D eigenvalue weighted by atomic mass is 16.8. The van der Waals surface area contributed by atoms with Crippen molar-refractivity contribution in [1.29, 1.82) is 0 Å². The summed E-state index contributed by atoms with van der Waals surface area (Å²) in [5.74, 6) is -0.287. The highest BCUT2D eigenvalue weighted by Gasteiger charge is 2.54. The third kappa shape index (κ3) is 47.2. The van der Waals surface area contributed by atoms with Crippen molar-refractivity contribution < 1.29 is 89.4 Å². The Hall–Kier alpha value is -2.77. The van der Waals surface area contributed by atoms with Crippen LogP contribution in [0.4, 0.5) is 0 Å². The van der Waals surface area contributed by atoms with E-state index in [2.05, 4.69) is 79.9 Å². The van der Waals surface area contributed by atoms with Crippen molar-refractivity contribution in [2.24, 2.45) is 0 Å². The number of carbonyl (C=O) groups excluding carboxylic acids is 1. The number of amides is 1. The molecule has 19 nitrogen and oxygen atoms in total. The summed E-state index contributed by atoms with van der Waals surface area (Å²) in [6.07, 6.45) is 64.8. The molecule has 12 N–H and O–H groups in total. The van der Waals surface area contributed by atoms with Crippen LogP contribution in [0.1, 0.15) is 354 Å². The predicted octanol–water partition coefficient (Wildman–Crippen LogP) is 16.3. The Morgan fingerprint density at radius 1 is 0.333 bits per heavy atom. The summed E-state index contributed by atoms with van der Waals surface area (Å²) in [7, 11) is 0. The fourth-order valence-electron chi connectivity index (χ4n) is 14.6. The highest BCUT2D eigenvalue weighted by Crippen LogP contribution is 2.33. The van der Waals surface area contributed by atoms with E-state index in [9.17, 15) is 61.0 Å². The van der Waals surface area contributed by atoms with Gasteiger partial charge in [0, 0.05) is 6.42 Å². The molecule has 0 aromatic carbocycles. The maximum absolute atomic E-state index is 13.5. The Morgan fingerprint density at radius 2 is 0.620 bits per heavy atom. The lowest BCUT2D eigenvalue weighted by atomic mass is 9.96. The van der Waals surface area contributed by atoms with Gasteiger partial charge in [-0.2, -0.15) is 0 Å². The predicted molar refractivity (Wildman–Crippen MR) is 434 cm³/mol. The number of nitrogens with one attached hydrogen (secondary N) is 1. The van der Waals surface area contributed by atoms with Gasteiger partial charge < -0.3 is 89.9 Å². The number of carbonyl (C=O) groups is 1. The fraction of sp³-hybridized carbons (Fsp3) is 0.854. The average molecular weight is 1530 g/mol. The first kappa shape index (κ1) is 99.4. The number of rotatable bonds is 71. The van der Waals surface area contributed by atoms with Crippen LogP contribution in [0.3, 0.4) is 0 Å². The number of ether oxygens (including phenoxy) is 6. The zero-order valence-corrected chi connectivity index (χ0v) is 67.8. The normalized spacial score (nSPS) is 25.7. The van der Waals surface area contributed by atoms with E-state index in [1.807, 2.05) is 6.08 Å². The molecule has 19 heteroatoms. The first-order valence-electron chi connectivity index (χ1n) is 44.2. The Kier molecular flexibility index (Phi) is 63.2. The Bertz CT molecular complexity index is 2230. The van der Waals surface area contributed by atoms with Crippen molar-refractivity contribution in [3.8, 4) is 0 Å². The monoisotopic (exact) mass is 1530 g/mol. The summed E-state index contributed by atoms with van der Waals surface area (Å²) in [5.41, 5.74) is 0. The molecule has 0 aromatic rings. The minimum absolute atomic E-state index is 0.230. The summed E-state index contributed by atoms with van der Waals surface area (Å²) in [6, 6.07) is -1.00. The number of aliphatic hydroxyl groups excluding tert-OH is 11. The molecule has 630 valence electrons. The fourth-order valence-corrected chi connectivity index (χ4v) is 14.6. The standard InChI is InChI=1S/C89H161NO18/c1-3-5-7-9-11-13-15-17-19-21-23-25-27-29-31-33-35-37-38-40-42-44-46-48-50-52-54-56-58-60-62-64-66-73(94)72(90-77(95)67-65-63-61-59-57-55-53-51-49-47-45-43-41-39-36-34-32-30-28-26-24-22-20-18-16-14-12-10-8-6-4-2)71-103-87-83(101)80(98)85(75(69-92)105-87)108-89-84(102)81(99)86(76(70-93)106-89)107-88-82(100)79(97)78(96)74(68-91)104-88/h16,18,22,24,28,30,48,50,56,58,64,66,72-76,78-89,91-94,96-102H,3-15,17,19-21,23,25-27,29,31-47,49,51-55,57,59-63,65,67-71H2,1-2H3,(H,90,95)/b18-16-,24-22-,30-28-,50-48+,58-56+,66-64+. The van der Waals surface area contributed by atoms with Crippen molar-refractivity contribution in [2.75, 3.05) is 26.4 Å². The van der Waals surface area contributed by atoms with Crippen LogP contribution in [-0.4, -0.2) is 193 Å². The van der Waals surface area contributed by atoms with E-state index in [-0.39, 0.29) is 18.9 Å². The molecule has 3 rings (SSSR count). The molecule has 1 amide bonds. The first-order valence-corrected chi connectivity index (χ1v) is 44.2. The van der Waals surface area contributed by atoms with Gasteiger partial charge in [0.1, 0.15) is 73.2 Å². The third-order valence-electron chi connectivity index (χ3n) is 21.7. The summed E-state index contributed by atoms with van der Waals surface area (Å²) in [6.45, 7) is 1.75. The van der Waals surface area contributed by atoms with Crippen molar-refractivity contribution >= 4 is 5.91 Å². The molecule has 0 saturated carbocycles. The van der Waals surface area contributed by atoms with Crippen molar-refractivity contribution in [3.63, 3.8) is 0 Å². The van der Waals surface area contributed by atoms with Crippen LogP contribution in [0.25, 0.3) is 0 Å². The Morgan fingerprint density at radius 3 is 0.991 bits per heavy atom. The topological polar surface area (TPSA) is 307 Å². The molecule has 17 unspecified atom stereocenters. The highest BCUT2D eigenvalue weighted by molar-refractivity contribution is 5.76. The molecule has 3 aliphatic heterocycles. The van der Waals surface area contributed by atoms with Crippen LogP contribution >= 0.6 is 0 Å². The first-order chi connectivity index (χ1) is 52.8. The lowest BCUT2D eigenvalue weighted by Crippen LogP contribution is -2.66. The second kappa shape index (κ2) is 68.6. The van der Waals surface area contributed by atoms with E-state index in [1.54, 1.807) is 6.08 Å². The molecular formula is C89H161NO18. The van der Waals surface area contributed by atoms with Crippen LogP contribution in [0, 0.1) is 0 Å². The molecule has 108 heavy (non-hydrogen) atoms. The Labute approximate surface area is 655 Å². The van der Waals surface area contributed by atoms with Crippen molar-refractivity contribution in [1.82, 2.24) is 5.32 Å². The van der Waals surface area contributed by atoms with E-state index in [4.69, 9.17) is 28.4 Å². The number of hydrogen-bond acceptors (Lipinski definition) is 18.